The second-order valence-electron chi connectivity index (χ2n) is 1.91. The minimum atomic E-state index is 0.157. The smallest absolute Gasteiger partial charge is 0.298 e. The number of rotatable bonds is 2. The molecule has 64 valence electrons. The molecule has 1 rings (SSSR count). The molecule has 0 aliphatic rings. The van der Waals surface area contributed by atoms with Gasteiger partial charge in [-0.1, -0.05) is 34.8 Å². The van der Waals surface area contributed by atoms with Crippen molar-refractivity contribution < 1.29 is 9.53 Å². The van der Waals surface area contributed by atoms with E-state index in [0.29, 0.717) is 5.02 Å². The molecule has 12 heavy (non-hydrogen) atoms. The van der Waals surface area contributed by atoms with E-state index in [0.717, 1.165) is 0 Å². The average molecular weight is 225 g/mol. The number of carbonyl (C=O) groups is 1. The predicted molar refractivity (Wildman–Crippen MR) is 48.2 cm³/mol. The van der Waals surface area contributed by atoms with Gasteiger partial charge in [-0.3, -0.25) is 4.79 Å². The molecule has 0 saturated heterocycles. The summed E-state index contributed by atoms with van der Waals surface area (Å²) in [4.78, 5) is 9.98. The molecule has 1 aromatic carbocycles. The van der Waals surface area contributed by atoms with Crippen molar-refractivity contribution in [1.82, 2.24) is 0 Å². The van der Waals surface area contributed by atoms with E-state index in [1.807, 2.05) is 0 Å². The third kappa shape index (κ3) is 2.03. The highest BCUT2D eigenvalue weighted by Gasteiger charge is 2.07. The van der Waals surface area contributed by atoms with E-state index in [1.165, 1.54) is 12.1 Å². The van der Waals surface area contributed by atoms with E-state index < -0.39 is 0 Å². The zero-order valence-corrected chi connectivity index (χ0v) is 7.95. The normalized spacial score (nSPS) is 9.58. The summed E-state index contributed by atoms with van der Waals surface area (Å²) in [5.74, 6) is 0.157. The predicted octanol–water partition coefficient (Wildman–Crippen LogP) is 3.18. The first-order valence-electron chi connectivity index (χ1n) is 2.90. The van der Waals surface area contributed by atoms with Crippen LogP contribution in [-0.4, -0.2) is 6.47 Å². The van der Waals surface area contributed by atoms with Crippen LogP contribution in [0.5, 0.6) is 5.75 Å². The molecule has 0 heterocycles. The molecule has 5 heteroatoms. The Labute approximate surface area is 84.0 Å². The molecule has 0 fully saturated rings. The molecular formula is C7H3Cl3O2. The van der Waals surface area contributed by atoms with E-state index >= 15 is 0 Å². The summed E-state index contributed by atoms with van der Waals surface area (Å²) in [6.07, 6.45) is 0. The van der Waals surface area contributed by atoms with Gasteiger partial charge in [-0.2, -0.15) is 0 Å². The van der Waals surface area contributed by atoms with Crippen molar-refractivity contribution in [3.8, 4) is 5.75 Å². The van der Waals surface area contributed by atoms with Gasteiger partial charge in [-0.15, -0.1) is 0 Å². The quantitative estimate of drug-likeness (QED) is 0.571. The lowest BCUT2D eigenvalue weighted by Crippen LogP contribution is -1.89. The maximum absolute atomic E-state index is 9.98. The first-order valence-corrected chi connectivity index (χ1v) is 4.03. The monoisotopic (exact) mass is 224 g/mol. The Morgan fingerprint density at radius 3 is 2.50 bits per heavy atom. The fourth-order valence-corrected chi connectivity index (χ4v) is 1.30. The van der Waals surface area contributed by atoms with Gasteiger partial charge in [0, 0.05) is 11.1 Å². The van der Waals surface area contributed by atoms with Crippen molar-refractivity contribution in [3.63, 3.8) is 0 Å². The molecule has 0 bridgehead atoms. The molecule has 0 saturated carbocycles. The molecule has 2 nitrogen and oxygen atoms in total. The van der Waals surface area contributed by atoms with Gasteiger partial charge in [0.15, 0.2) is 5.75 Å². The van der Waals surface area contributed by atoms with Gasteiger partial charge in [0.05, 0.1) is 5.02 Å². The first-order chi connectivity index (χ1) is 5.65. The summed E-state index contributed by atoms with van der Waals surface area (Å²) in [7, 11) is 0. The van der Waals surface area contributed by atoms with Gasteiger partial charge in [0.2, 0.25) is 0 Å². The summed E-state index contributed by atoms with van der Waals surface area (Å²) < 4.78 is 4.52. The maximum Gasteiger partial charge on any atom is 0.298 e. The Morgan fingerprint density at radius 1 is 1.25 bits per heavy atom. The number of hydrogen-bond acceptors (Lipinski definition) is 2. The third-order valence-corrected chi connectivity index (χ3v) is 2.14. The highest BCUT2D eigenvalue weighted by atomic mass is 35.5. The van der Waals surface area contributed by atoms with E-state index in [9.17, 15) is 4.79 Å². The van der Waals surface area contributed by atoms with Gasteiger partial charge in [0.25, 0.3) is 6.47 Å². The van der Waals surface area contributed by atoms with Crippen LogP contribution in [0.4, 0.5) is 0 Å². The van der Waals surface area contributed by atoms with Gasteiger partial charge >= 0.3 is 0 Å². The van der Waals surface area contributed by atoms with Crippen LogP contribution in [0.25, 0.3) is 0 Å². The second kappa shape index (κ2) is 3.99. The summed E-state index contributed by atoms with van der Waals surface area (Å²) >= 11 is 16.9. The summed E-state index contributed by atoms with van der Waals surface area (Å²) in [6.45, 7) is 0.258. The number of ether oxygens (including phenoxy) is 1. The Hall–Kier alpha value is -0.440. The van der Waals surface area contributed by atoms with Crippen LogP contribution in [0.2, 0.25) is 15.1 Å². The molecule has 0 atom stereocenters. The zero-order valence-electron chi connectivity index (χ0n) is 5.68. The van der Waals surface area contributed by atoms with Crippen LogP contribution in [0.1, 0.15) is 0 Å². The molecule has 0 amide bonds. The van der Waals surface area contributed by atoms with Crippen LogP contribution in [0.15, 0.2) is 12.1 Å². The van der Waals surface area contributed by atoms with E-state index in [2.05, 4.69) is 4.74 Å². The highest BCUT2D eigenvalue weighted by Crippen LogP contribution is 2.34. The fraction of sp³-hybridized carbons (Fsp3) is 0. The molecule has 0 unspecified atom stereocenters. The van der Waals surface area contributed by atoms with Gasteiger partial charge < -0.3 is 4.74 Å². The lowest BCUT2D eigenvalue weighted by Gasteiger charge is -2.02. The van der Waals surface area contributed by atoms with E-state index in [4.69, 9.17) is 34.8 Å². The number of hydrogen-bond donors (Lipinski definition) is 0. The van der Waals surface area contributed by atoms with Gasteiger partial charge in [0.1, 0.15) is 5.02 Å². The molecule has 0 aromatic heterocycles. The summed E-state index contributed by atoms with van der Waals surface area (Å²) in [5.41, 5.74) is 0. The molecular weight excluding hydrogens is 222 g/mol. The molecule has 0 aliphatic carbocycles. The summed E-state index contributed by atoms with van der Waals surface area (Å²) in [6, 6.07) is 2.87. The Balaban J connectivity index is 3.17. The topological polar surface area (TPSA) is 26.3 Å². The van der Waals surface area contributed by atoms with Crippen LogP contribution < -0.4 is 4.74 Å². The Morgan fingerprint density at radius 2 is 1.92 bits per heavy atom. The molecule has 0 aliphatic heterocycles. The number of benzene rings is 1. The van der Waals surface area contributed by atoms with E-state index in [1.54, 1.807) is 0 Å². The standard InChI is InChI=1S/C7H3Cl3O2/c8-4-1-5(9)7(10)6(2-4)12-3-11/h1-3H. The molecule has 0 spiro atoms. The highest BCUT2D eigenvalue weighted by molar-refractivity contribution is 6.44. The molecule has 0 N–H and O–H groups in total. The minimum Gasteiger partial charge on any atom is -0.427 e. The molecule has 0 radical (unpaired) electrons. The SMILES string of the molecule is O=COc1cc(Cl)cc(Cl)c1Cl. The van der Waals surface area contributed by atoms with Crippen molar-refractivity contribution >= 4 is 41.3 Å². The maximum atomic E-state index is 9.98. The van der Waals surface area contributed by atoms with Crippen LogP contribution in [0.3, 0.4) is 0 Å². The van der Waals surface area contributed by atoms with Crippen molar-refractivity contribution in [2.24, 2.45) is 0 Å². The second-order valence-corrected chi connectivity index (χ2v) is 3.14. The largest absolute Gasteiger partial charge is 0.427 e. The number of carbonyl (C=O) groups excluding carboxylic acids is 1. The van der Waals surface area contributed by atoms with Crippen LogP contribution in [-0.2, 0) is 4.79 Å². The van der Waals surface area contributed by atoms with Crippen molar-refractivity contribution in [2.45, 2.75) is 0 Å². The zero-order chi connectivity index (χ0) is 9.14. The Kier molecular flexibility index (Phi) is 3.20. The van der Waals surface area contributed by atoms with Crippen molar-refractivity contribution in [1.29, 1.82) is 0 Å². The Bertz CT molecular complexity index is 312. The molecule has 1 aromatic rings. The lowest BCUT2D eigenvalue weighted by atomic mass is 10.3. The fourth-order valence-electron chi connectivity index (χ4n) is 0.670. The van der Waals surface area contributed by atoms with Gasteiger partial charge in [-0.25, -0.2) is 0 Å². The average Bonchev–Trinajstić information content (AvgIpc) is 2.00. The van der Waals surface area contributed by atoms with E-state index in [-0.39, 0.29) is 22.3 Å². The minimum absolute atomic E-state index is 0.157. The van der Waals surface area contributed by atoms with Crippen molar-refractivity contribution in [3.05, 3.63) is 27.2 Å². The van der Waals surface area contributed by atoms with Crippen LogP contribution >= 0.6 is 34.8 Å². The van der Waals surface area contributed by atoms with Crippen LogP contribution in [0, 0.1) is 0 Å². The summed E-state index contributed by atoms with van der Waals surface area (Å²) in [5, 5.41) is 0.787. The van der Waals surface area contributed by atoms with Gasteiger partial charge in [-0.05, 0) is 6.07 Å². The first kappa shape index (κ1) is 9.65. The number of halogens is 3. The third-order valence-electron chi connectivity index (χ3n) is 1.13. The lowest BCUT2D eigenvalue weighted by molar-refractivity contribution is -0.120. The van der Waals surface area contributed by atoms with Crippen molar-refractivity contribution in [2.75, 3.05) is 0 Å².